The van der Waals surface area contributed by atoms with Crippen LogP contribution in [0.4, 0.5) is 0 Å². The summed E-state index contributed by atoms with van der Waals surface area (Å²) in [5.41, 5.74) is 0.408. The van der Waals surface area contributed by atoms with E-state index in [2.05, 4.69) is 46.1 Å². The molecule has 11 heavy (non-hydrogen) atoms. The van der Waals surface area contributed by atoms with Crippen molar-refractivity contribution < 1.29 is 0 Å². The van der Waals surface area contributed by atoms with Crippen LogP contribution < -0.4 is 0 Å². The van der Waals surface area contributed by atoms with E-state index in [9.17, 15) is 0 Å². The molecule has 0 aliphatic rings. The number of hydrogen-bond donors (Lipinski definition) is 0. The van der Waals surface area contributed by atoms with Gasteiger partial charge in [-0.2, -0.15) is 0 Å². The summed E-state index contributed by atoms with van der Waals surface area (Å²) in [5.74, 6) is 1.84. The molecule has 0 aromatic heterocycles. The second-order valence-corrected chi connectivity index (χ2v) is 5.12. The van der Waals surface area contributed by atoms with E-state index in [1.807, 2.05) is 11.8 Å². The monoisotopic (exact) mass is 172 g/mol. The van der Waals surface area contributed by atoms with Crippen molar-refractivity contribution in [3.8, 4) is 0 Å². The fraction of sp³-hybridized carbons (Fsp3) is 0.800. The Kier molecular flexibility index (Phi) is 4.91. The van der Waals surface area contributed by atoms with E-state index in [1.54, 1.807) is 0 Å². The Bertz CT molecular complexity index is 119. The van der Waals surface area contributed by atoms with Crippen molar-refractivity contribution in [2.24, 2.45) is 11.3 Å². The van der Waals surface area contributed by atoms with Crippen LogP contribution in [-0.2, 0) is 0 Å². The molecule has 0 rings (SSSR count). The Morgan fingerprint density at radius 1 is 1.36 bits per heavy atom. The first kappa shape index (κ1) is 11.1. The summed E-state index contributed by atoms with van der Waals surface area (Å²) in [5, 5.41) is 2.22. The summed E-state index contributed by atoms with van der Waals surface area (Å²) in [6, 6.07) is 0. The van der Waals surface area contributed by atoms with Crippen LogP contribution in [-0.4, -0.2) is 5.75 Å². The molecule has 0 aliphatic heterocycles. The molecule has 0 heterocycles. The molecule has 1 atom stereocenters. The minimum absolute atomic E-state index is 0.408. The molecule has 0 amide bonds. The van der Waals surface area contributed by atoms with Crippen LogP contribution >= 0.6 is 11.8 Å². The molecule has 0 radical (unpaired) electrons. The van der Waals surface area contributed by atoms with Gasteiger partial charge in [0.05, 0.1) is 0 Å². The largest absolute Gasteiger partial charge is 0.135 e. The van der Waals surface area contributed by atoms with Crippen molar-refractivity contribution in [2.75, 3.05) is 5.75 Å². The third-order valence-electron chi connectivity index (χ3n) is 2.00. The standard InChI is InChI=1S/C10H20S/c1-6-11-8-7-9(2)10(3,4)5/h7-9H,6H2,1-5H3/b8-7-. The van der Waals surface area contributed by atoms with Gasteiger partial charge in [0, 0.05) is 0 Å². The van der Waals surface area contributed by atoms with Gasteiger partial charge in [-0.05, 0) is 22.5 Å². The van der Waals surface area contributed by atoms with E-state index in [-0.39, 0.29) is 0 Å². The lowest BCUT2D eigenvalue weighted by Gasteiger charge is -2.23. The molecule has 0 saturated heterocycles. The Hall–Kier alpha value is 0.0900. The lowest BCUT2D eigenvalue weighted by atomic mass is 9.82. The molecule has 0 bridgehead atoms. The maximum absolute atomic E-state index is 2.30. The molecule has 0 saturated carbocycles. The van der Waals surface area contributed by atoms with Gasteiger partial charge in [0.25, 0.3) is 0 Å². The highest BCUT2D eigenvalue weighted by Gasteiger charge is 2.16. The van der Waals surface area contributed by atoms with Crippen molar-refractivity contribution in [3.05, 3.63) is 11.5 Å². The van der Waals surface area contributed by atoms with Gasteiger partial charge >= 0.3 is 0 Å². The fourth-order valence-electron chi connectivity index (χ4n) is 0.558. The van der Waals surface area contributed by atoms with E-state index >= 15 is 0 Å². The minimum atomic E-state index is 0.408. The molecule has 0 nitrogen and oxygen atoms in total. The average Bonchev–Trinajstić information content (AvgIpc) is 1.86. The quantitative estimate of drug-likeness (QED) is 0.621. The molecule has 1 unspecified atom stereocenters. The van der Waals surface area contributed by atoms with E-state index < -0.39 is 0 Å². The predicted octanol–water partition coefficient (Wildman–Crippen LogP) is 3.94. The van der Waals surface area contributed by atoms with E-state index in [1.165, 1.54) is 5.75 Å². The second-order valence-electron chi connectivity index (χ2n) is 3.94. The lowest BCUT2D eigenvalue weighted by Crippen LogP contribution is -2.14. The Balaban J connectivity index is 3.77. The zero-order valence-corrected chi connectivity index (χ0v) is 9.16. The number of rotatable bonds is 3. The molecule has 66 valence electrons. The van der Waals surface area contributed by atoms with Crippen LogP contribution in [0.15, 0.2) is 11.5 Å². The minimum Gasteiger partial charge on any atom is -0.135 e. The van der Waals surface area contributed by atoms with E-state index in [4.69, 9.17) is 0 Å². The molecule has 0 N–H and O–H groups in total. The van der Waals surface area contributed by atoms with Gasteiger partial charge in [0.2, 0.25) is 0 Å². The van der Waals surface area contributed by atoms with E-state index in [0.29, 0.717) is 11.3 Å². The molecular weight excluding hydrogens is 152 g/mol. The molecular formula is C10H20S. The highest BCUT2D eigenvalue weighted by Crippen LogP contribution is 2.26. The summed E-state index contributed by atoms with van der Waals surface area (Å²) in [6.07, 6.45) is 2.30. The molecule has 0 fully saturated rings. The highest BCUT2D eigenvalue weighted by atomic mass is 32.2. The SMILES string of the molecule is CCS/C=C\C(C)C(C)(C)C. The number of allylic oxidation sites excluding steroid dienone is 1. The Labute approximate surface area is 75.5 Å². The van der Waals surface area contributed by atoms with Gasteiger partial charge in [0.15, 0.2) is 0 Å². The summed E-state index contributed by atoms with van der Waals surface area (Å²) in [7, 11) is 0. The normalized spacial score (nSPS) is 15.7. The highest BCUT2D eigenvalue weighted by molar-refractivity contribution is 8.02. The summed E-state index contributed by atoms with van der Waals surface area (Å²) < 4.78 is 0. The van der Waals surface area contributed by atoms with Gasteiger partial charge in [-0.25, -0.2) is 0 Å². The first-order chi connectivity index (χ1) is 4.98. The van der Waals surface area contributed by atoms with E-state index in [0.717, 1.165) is 0 Å². The number of hydrogen-bond acceptors (Lipinski definition) is 1. The first-order valence-corrected chi connectivity index (χ1v) is 5.31. The van der Waals surface area contributed by atoms with Crippen LogP contribution in [0.5, 0.6) is 0 Å². The van der Waals surface area contributed by atoms with Crippen molar-refractivity contribution >= 4 is 11.8 Å². The second kappa shape index (κ2) is 4.87. The summed E-state index contributed by atoms with van der Waals surface area (Å²) >= 11 is 1.87. The summed E-state index contributed by atoms with van der Waals surface area (Å²) in [6.45, 7) is 11.3. The summed E-state index contributed by atoms with van der Waals surface area (Å²) in [4.78, 5) is 0. The zero-order chi connectivity index (χ0) is 8.91. The van der Waals surface area contributed by atoms with Crippen molar-refractivity contribution in [3.63, 3.8) is 0 Å². The van der Waals surface area contributed by atoms with Crippen LogP contribution in [0.25, 0.3) is 0 Å². The van der Waals surface area contributed by atoms with Crippen LogP contribution in [0.1, 0.15) is 34.6 Å². The first-order valence-electron chi connectivity index (χ1n) is 4.26. The molecule has 1 heteroatoms. The van der Waals surface area contributed by atoms with Crippen molar-refractivity contribution in [1.82, 2.24) is 0 Å². The van der Waals surface area contributed by atoms with Gasteiger partial charge in [-0.3, -0.25) is 0 Å². The van der Waals surface area contributed by atoms with Crippen LogP contribution in [0, 0.1) is 11.3 Å². The smallest absolute Gasteiger partial charge is 0.00546 e. The van der Waals surface area contributed by atoms with Crippen molar-refractivity contribution in [1.29, 1.82) is 0 Å². The molecule has 0 aliphatic carbocycles. The van der Waals surface area contributed by atoms with Crippen LogP contribution in [0.3, 0.4) is 0 Å². The lowest BCUT2D eigenvalue weighted by molar-refractivity contribution is 0.315. The van der Waals surface area contributed by atoms with Crippen LogP contribution in [0.2, 0.25) is 0 Å². The predicted molar refractivity (Wildman–Crippen MR) is 55.9 cm³/mol. The molecule has 0 aromatic carbocycles. The van der Waals surface area contributed by atoms with Gasteiger partial charge in [-0.15, -0.1) is 11.8 Å². The number of thioether (sulfide) groups is 1. The third-order valence-corrected chi connectivity index (χ3v) is 2.68. The van der Waals surface area contributed by atoms with Crippen molar-refractivity contribution in [2.45, 2.75) is 34.6 Å². The Morgan fingerprint density at radius 3 is 2.27 bits per heavy atom. The third kappa shape index (κ3) is 5.37. The average molecular weight is 172 g/mol. The van der Waals surface area contributed by atoms with Gasteiger partial charge in [-0.1, -0.05) is 40.7 Å². The van der Waals surface area contributed by atoms with Gasteiger partial charge < -0.3 is 0 Å². The Morgan fingerprint density at radius 2 is 1.91 bits per heavy atom. The maximum Gasteiger partial charge on any atom is -0.00546 e. The zero-order valence-electron chi connectivity index (χ0n) is 8.35. The topological polar surface area (TPSA) is 0 Å². The fourth-order valence-corrected chi connectivity index (χ4v) is 1.10. The maximum atomic E-state index is 2.30. The molecule has 0 spiro atoms. The van der Waals surface area contributed by atoms with Gasteiger partial charge in [0.1, 0.15) is 0 Å². The molecule has 0 aromatic rings.